The minimum Gasteiger partial charge on any atom is -0.330 e. The fourth-order valence-electron chi connectivity index (χ4n) is 4.07. The molecule has 0 unspecified atom stereocenters. The summed E-state index contributed by atoms with van der Waals surface area (Å²) in [6, 6.07) is 21.5. The van der Waals surface area contributed by atoms with Crippen molar-refractivity contribution in [3.63, 3.8) is 0 Å². The van der Waals surface area contributed by atoms with Gasteiger partial charge in [-0.25, -0.2) is 4.98 Å². The summed E-state index contributed by atoms with van der Waals surface area (Å²) in [5, 5.41) is 3.47. The first-order valence-corrected chi connectivity index (χ1v) is 10.6. The van der Waals surface area contributed by atoms with E-state index in [4.69, 9.17) is 10.7 Å². The van der Waals surface area contributed by atoms with Crippen molar-refractivity contribution in [2.45, 2.75) is 25.3 Å². The van der Waals surface area contributed by atoms with E-state index in [-0.39, 0.29) is 0 Å². The second-order valence-electron chi connectivity index (χ2n) is 7.43. The molecule has 1 aliphatic rings. The van der Waals surface area contributed by atoms with Gasteiger partial charge in [0.1, 0.15) is 0 Å². The Balaban J connectivity index is 1.35. The van der Waals surface area contributed by atoms with E-state index in [9.17, 15) is 0 Å². The number of hydrogen-bond donors (Lipinski definition) is 1. The molecule has 2 atom stereocenters. The Bertz CT molecular complexity index is 831. The van der Waals surface area contributed by atoms with E-state index in [0.29, 0.717) is 11.8 Å². The molecule has 0 radical (unpaired) electrons. The average Bonchev–Trinajstić information content (AvgIpc) is 3.35. The predicted octanol–water partition coefficient (Wildman–Crippen LogP) is 4.10. The monoisotopic (exact) mass is 377 g/mol. The average molecular weight is 378 g/mol. The normalized spacial score (nSPS) is 20.2. The molecular weight excluding hydrogens is 350 g/mol. The van der Waals surface area contributed by atoms with Gasteiger partial charge in [0.2, 0.25) is 0 Å². The van der Waals surface area contributed by atoms with Crippen LogP contribution in [0.3, 0.4) is 0 Å². The van der Waals surface area contributed by atoms with Crippen molar-refractivity contribution in [2.75, 3.05) is 19.6 Å². The lowest BCUT2D eigenvalue weighted by atomic mass is 9.89. The summed E-state index contributed by atoms with van der Waals surface area (Å²) in [5.74, 6) is 1.07. The third-order valence-electron chi connectivity index (χ3n) is 5.50. The summed E-state index contributed by atoms with van der Waals surface area (Å²) in [4.78, 5) is 7.40. The van der Waals surface area contributed by atoms with Crippen LogP contribution in [-0.2, 0) is 19.4 Å². The molecule has 2 aromatic carbocycles. The first kappa shape index (κ1) is 18.4. The molecule has 3 aromatic rings. The van der Waals surface area contributed by atoms with E-state index in [0.717, 1.165) is 39.0 Å². The largest absolute Gasteiger partial charge is 0.330 e. The smallest absolute Gasteiger partial charge is 0.0932 e. The molecule has 1 aliphatic heterocycles. The molecule has 0 aliphatic carbocycles. The van der Waals surface area contributed by atoms with Crippen LogP contribution in [-0.4, -0.2) is 29.5 Å². The predicted molar refractivity (Wildman–Crippen MR) is 113 cm³/mol. The van der Waals surface area contributed by atoms with Crippen LogP contribution in [0.5, 0.6) is 0 Å². The number of thiazole rings is 1. The zero-order valence-corrected chi connectivity index (χ0v) is 16.4. The van der Waals surface area contributed by atoms with Gasteiger partial charge in [-0.05, 0) is 30.0 Å². The molecule has 1 aromatic heterocycles. The van der Waals surface area contributed by atoms with Crippen LogP contribution in [0.25, 0.3) is 0 Å². The summed E-state index contributed by atoms with van der Waals surface area (Å²) in [5.41, 5.74) is 10.1. The molecule has 27 heavy (non-hydrogen) atoms. The topological polar surface area (TPSA) is 42.1 Å². The van der Waals surface area contributed by atoms with E-state index in [2.05, 4.69) is 70.9 Å². The maximum absolute atomic E-state index is 6.08. The SMILES string of the molecule is NC[C@@H]1CN(Cc2csc(CCc3ccccc3)n2)C[C@H]1c1ccccc1. The highest BCUT2D eigenvalue weighted by Crippen LogP contribution is 2.32. The number of rotatable bonds is 7. The lowest BCUT2D eigenvalue weighted by Crippen LogP contribution is -2.23. The molecule has 0 amide bonds. The van der Waals surface area contributed by atoms with Crippen molar-refractivity contribution in [1.29, 1.82) is 0 Å². The van der Waals surface area contributed by atoms with Gasteiger partial charge in [0.05, 0.1) is 10.7 Å². The summed E-state index contributed by atoms with van der Waals surface area (Å²) >= 11 is 1.79. The van der Waals surface area contributed by atoms with Crippen LogP contribution in [0.15, 0.2) is 66.0 Å². The number of hydrogen-bond acceptors (Lipinski definition) is 4. The Morgan fingerprint density at radius 1 is 0.963 bits per heavy atom. The van der Waals surface area contributed by atoms with Crippen molar-refractivity contribution in [1.82, 2.24) is 9.88 Å². The Morgan fingerprint density at radius 2 is 1.70 bits per heavy atom. The van der Waals surface area contributed by atoms with Crippen LogP contribution < -0.4 is 5.73 Å². The number of nitrogens with two attached hydrogens (primary N) is 1. The highest BCUT2D eigenvalue weighted by Gasteiger charge is 2.32. The number of aromatic nitrogens is 1. The van der Waals surface area contributed by atoms with E-state index in [1.54, 1.807) is 11.3 Å². The van der Waals surface area contributed by atoms with Gasteiger partial charge in [0.25, 0.3) is 0 Å². The van der Waals surface area contributed by atoms with Gasteiger partial charge in [0, 0.05) is 37.4 Å². The van der Waals surface area contributed by atoms with Crippen molar-refractivity contribution in [2.24, 2.45) is 11.7 Å². The standard InChI is InChI=1S/C23H27N3S/c24-13-20-14-26(16-22(20)19-9-5-2-6-10-19)15-21-17-27-23(25-21)12-11-18-7-3-1-4-8-18/h1-10,17,20,22H,11-16,24H2/t20-,22+/m1/s1. The zero-order valence-electron chi connectivity index (χ0n) is 15.6. The summed E-state index contributed by atoms with van der Waals surface area (Å²) in [6.07, 6.45) is 2.08. The molecule has 0 saturated carbocycles. The molecule has 0 spiro atoms. The third kappa shape index (κ3) is 4.64. The van der Waals surface area contributed by atoms with Gasteiger partial charge in [-0.15, -0.1) is 11.3 Å². The molecule has 2 heterocycles. The third-order valence-corrected chi connectivity index (χ3v) is 6.46. The molecule has 3 nitrogen and oxygen atoms in total. The second kappa shape index (κ2) is 8.79. The van der Waals surface area contributed by atoms with Crippen molar-refractivity contribution >= 4 is 11.3 Å². The van der Waals surface area contributed by atoms with Crippen molar-refractivity contribution < 1.29 is 0 Å². The molecular formula is C23H27N3S. The molecule has 1 fully saturated rings. The number of benzene rings is 2. The van der Waals surface area contributed by atoms with Gasteiger partial charge in [-0.3, -0.25) is 4.90 Å². The van der Waals surface area contributed by atoms with Gasteiger partial charge in [0.15, 0.2) is 0 Å². The summed E-state index contributed by atoms with van der Waals surface area (Å²) in [6.45, 7) is 3.81. The summed E-state index contributed by atoms with van der Waals surface area (Å²) < 4.78 is 0. The molecule has 140 valence electrons. The van der Waals surface area contributed by atoms with E-state index >= 15 is 0 Å². The van der Waals surface area contributed by atoms with E-state index < -0.39 is 0 Å². The molecule has 4 rings (SSSR count). The van der Waals surface area contributed by atoms with Crippen LogP contribution in [0.2, 0.25) is 0 Å². The minimum absolute atomic E-state index is 0.531. The van der Waals surface area contributed by atoms with E-state index in [1.165, 1.54) is 21.8 Å². The molecule has 1 saturated heterocycles. The minimum atomic E-state index is 0.531. The zero-order chi connectivity index (χ0) is 18.5. The van der Waals surface area contributed by atoms with E-state index in [1.807, 2.05) is 0 Å². The van der Waals surface area contributed by atoms with Crippen LogP contribution in [0, 0.1) is 5.92 Å². The van der Waals surface area contributed by atoms with Crippen molar-refractivity contribution in [3.05, 3.63) is 87.9 Å². The second-order valence-corrected chi connectivity index (χ2v) is 8.37. The fourth-order valence-corrected chi connectivity index (χ4v) is 4.86. The highest BCUT2D eigenvalue weighted by molar-refractivity contribution is 7.09. The van der Waals surface area contributed by atoms with Gasteiger partial charge in [-0.2, -0.15) is 0 Å². The van der Waals surface area contributed by atoms with Gasteiger partial charge in [-0.1, -0.05) is 60.7 Å². The lowest BCUT2D eigenvalue weighted by molar-refractivity contribution is 0.313. The number of nitrogens with zero attached hydrogens (tertiary/aromatic N) is 2. The highest BCUT2D eigenvalue weighted by atomic mass is 32.1. The van der Waals surface area contributed by atoms with Crippen LogP contribution in [0.4, 0.5) is 0 Å². The lowest BCUT2D eigenvalue weighted by Gasteiger charge is -2.16. The first-order chi connectivity index (χ1) is 13.3. The first-order valence-electron chi connectivity index (χ1n) is 9.76. The Labute approximate surface area is 165 Å². The Morgan fingerprint density at radius 3 is 2.44 bits per heavy atom. The van der Waals surface area contributed by atoms with Gasteiger partial charge < -0.3 is 5.73 Å². The van der Waals surface area contributed by atoms with Crippen molar-refractivity contribution in [3.8, 4) is 0 Å². The molecule has 2 N–H and O–H groups in total. The maximum atomic E-state index is 6.08. The fraction of sp³-hybridized carbons (Fsp3) is 0.348. The van der Waals surface area contributed by atoms with Crippen LogP contribution in [0.1, 0.15) is 27.7 Å². The van der Waals surface area contributed by atoms with Gasteiger partial charge >= 0.3 is 0 Å². The Kier molecular flexibility index (Phi) is 5.97. The maximum Gasteiger partial charge on any atom is 0.0932 e. The molecule has 0 bridgehead atoms. The quantitative estimate of drug-likeness (QED) is 0.674. The molecule has 4 heteroatoms. The van der Waals surface area contributed by atoms with Crippen LogP contribution >= 0.6 is 11.3 Å². The Hall–Kier alpha value is -2.01. The summed E-state index contributed by atoms with van der Waals surface area (Å²) in [7, 11) is 0. The number of aryl methyl sites for hydroxylation is 2. The number of likely N-dealkylation sites (tertiary alicyclic amines) is 1.